The van der Waals surface area contributed by atoms with Gasteiger partial charge in [-0.2, -0.15) is 0 Å². The van der Waals surface area contributed by atoms with Gasteiger partial charge in [-0.05, 0) is 311 Å². The molecule has 0 atom stereocenters. The third-order valence-electron chi connectivity index (χ3n) is 31.1. The van der Waals surface area contributed by atoms with Crippen LogP contribution in [0.4, 0.5) is 0 Å². The third-order valence-corrected chi connectivity index (χ3v) is 31.1. The van der Waals surface area contributed by atoms with Crippen molar-refractivity contribution in [2.75, 3.05) is 0 Å². The van der Waals surface area contributed by atoms with Gasteiger partial charge < -0.3 is 0 Å². The van der Waals surface area contributed by atoms with E-state index in [9.17, 15) is 0 Å². The van der Waals surface area contributed by atoms with Gasteiger partial charge in [0.15, 0.2) is 0 Å². The second kappa shape index (κ2) is 55.2. The first kappa shape index (κ1) is 87.6. The first-order valence-electron chi connectivity index (χ1n) is 47.2. The van der Waals surface area contributed by atoms with E-state index in [1.54, 1.807) is 103 Å². The van der Waals surface area contributed by atoms with E-state index >= 15 is 0 Å². The molecule has 0 bridgehead atoms. The zero-order valence-corrected chi connectivity index (χ0v) is 68.9. The summed E-state index contributed by atoms with van der Waals surface area (Å²) in [7, 11) is 0. The van der Waals surface area contributed by atoms with E-state index in [1.807, 2.05) is 0 Å². The Morgan fingerprint density at radius 1 is 0.180 bits per heavy atom. The predicted octanol–water partition coefficient (Wildman–Crippen LogP) is 36.2. The zero-order chi connectivity index (χ0) is 71.0. The maximum Gasteiger partial charge on any atom is 0 e. The summed E-state index contributed by atoms with van der Waals surface area (Å²) in [6.07, 6.45) is 107. The lowest BCUT2D eigenvalue weighted by Gasteiger charge is -2.38. The van der Waals surface area contributed by atoms with Crippen molar-refractivity contribution < 1.29 is 14.3 Å². The van der Waals surface area contributed by atoms with Crippen molar-refractivity contribution in [1.82, 2.24) is 0 Å². The van der Waals surface area contributed by atoms with Gasteiger partial charge in [-0.3, -0.25) is 0 Å². The van der Waals surface area contributed by atoms with E-state index in [4.69, 9.17) is 0 Å². The summed E-state index contributed by atoms with van der Waals surface area (Å²) in [5.74, 6) is 21.3. The van der Waals surface area contributed by atoms with Crippen molar-refractivity contribution >= 4 is 0 Å². The fourth-order valence-electron chi connectivity index (χ4n) is 23.8. The number of hydrogen-bond acceptors (Lipinski definition) is 0. The Morgan fingerprint density at radius 3 is 0.540 bits per heavy atom. The lowest BCUT2D eigenvalue weighted by molar-refractivity contribution is 0.140. The molecule has 0 heteroatoms. The van der Waals surface area contributed by atoms with E-state index in [0.717, 1.165) is 118 Å². The molecule has 10 saturated carbocycles. The molecule has 0 nitrogen and oxygen atoms in total. The standard InChI is InChI=1S/C22H40.C21H38.C20H36.C19H34.C18H32.10H2/c1-3-5-7-8-10-20-13-17-22(18-14-20)21-15-11-19(12-16-21)9-6-4-2;1-3-5-7-9-19-12-16-21(17-13-19)20-14-10-18(11-15-20)8-6-4-2;1-3-5-7-17-9-13-19(14-10-17)20-15-11-18(12-16-20)8-6-4-2;1-3-5-7-17-10-14-19(15-11-17)18-12-8-16(6-4-2)9-13-18;1-3-5-6-16-9-13-18(14-10-16)17-11-7-15(4-2)8-12-17;;;;;;;;;;/h4,19-22H,2-3,5-18H2,1H3;4,18-21H,2-3,5-17H2,1H3;3,17-20H,1,4-16H2,2H3;3,16-19H,1,4-15H2,2H3;3,15-18H,1,4-14H2,2H3;10*1H. The molecule has 10 rings (SSSR count). The molecule has 0 aromatic heterocycles. The first-order chi connectivity index (χ1) is 49.2. The quantitative estimate of drug-likeness (QED) is 0.0438. The van der Waals surface area contributed by atoms with Crippen LogP contribution in [0.1, 0.15) is 466 Å². The van der Waals surface area contributed by atoms with Crippen LogP contribution in [0.25, 0.3) is 0 Å². The van der Waals surface area contributed by atoms with E-state index in [0.29, 0.717) is 0 Å². The monoisotopic (exact) mass is 1400 g/mol. The molecule has 0 radical (unpaired) electrons. The van der Waals surface area contributed by atoms with Crippen LogP contribution in [0.3, 0.4) is 0 Å². The van der Waals surface area contributed by atoms with Crippen molar-refractivity contribution in [3.8, 4) is 0 Å². The van der Waals surface area contributed by atoms with Crippen molar-refractivity contribution in [2.45, 2.75) is 452 Å². The maximum atomic E-state index is 3.87. The molecule has 10 aliphatic rings. The summed E-state index contributed by atoms with van der Waals surface area (Å²) < 4.78 is 0. The fourth-order valence-corrected chi connectivity index (χ4v) is 23.8. The molecular weight excluding hydrogens is 1200 g/mol. The van der Waals surface area contributed by atoms with Crippen LogP contribution < -0.4 is 0 Å². The Kier molecular flexibility index (Phi) is 48.3. The Labute approximate surface area is 644 Å². The molecule has 0 aromatic rings. The van der Waals surface area contributed by atoms with Crippen LogP contribution in [0.2, 0.25) is 0 Å². The topological polar surface area (TPSA) is 0 Å². The highest BCUT2D eigenvalue weighted by atomic mass is 14.4. The number of rotatable bonds is 35. The molecule has 0 saturated heterocycles. The second-order valence-corrected chi connectivity index (χ2v) is 37.8. The SMILES string of the molecule is C=CCCC1CCC(C2CCC(CC)CC2)CC1.C=CCCC1CCC(C2CCC(CCC)CC2)CC1.C=CCCC1CCC(C2CCC(CCCC)CC2)CC1.C=CCCC1CCC(C2CCC(CCCCC)CC2)CC1.C=CCCC1CCC(C2CCC(CCCCCC)CC2)CC1.[HH].[HH].[HH].[HH].[HH].[HH].[HH].[HH].[HH].[HH]. The Morgan fingerprint density at radius 2 is 0.350 bits per heavy atom. The molecule has 0 heterocycles. The van der Waals surface area contributed by atoms with E-state index in [1.165, 1.54) is 315 Å². The van der Waals surface area contributed by atoms with Gasteiger partial charge in [0.25, 0.3) is 0 Å². The minimum atomic E-state index is 0. The highest BCUT2D eigenvalue weighted by Gasteiger charge is 2.36. The van der Waals surface area contributed by atoms with Crippen LogP contribution in [0.15, 0.2) is 63.3 Å². The summed E-state index contributed by atoms with van der Waals surface area (Å²) in [6.45, 7) is 31.0. The Hall–Kier alpha value is -1.30. The highest BCUT2D eigenvalue weighted by Crippen LogP contribution is 2.49. The van der Waals surface area contributed by atoms with Gasteiger partial charge in [-0.25, -0.2) is 0 Å². The van der Waals surface area contributed by atoms with Crippen molar-refractivity contribution in [3.05, 3.63) is 63.3 Å². The van der Waals surface area contributed by atoms with Gasteiger partial charge in [0, 0.05) is 14.3 Å². The number of hydrogen-bond donors (Lipinski definition) is 0. The Balaban J connectivity index is -0.000000409. The van der Waals surface area contributed by atoms with Crippen LogP contribution in [0.5, 0.6) is 0 Å². The van der Waals surface area contributed by atoms with Gasteiger partial charge in [0.05, 0.1) is 0 Å². The molecule has 0 aromatic carbocycles. The summed E-state index contributed by atoms with van der Waals surface area (Å²) in [4.78, 5) is 0. The summed E-state index contributed by atoms with van der Waals surface area (Å²) in [5.41, 5.74) is 0. The number of unbranched alkanes of at least 4 members (excludes halogenated alkanes) is 6. The lowest BCUT2D eigenvalue weighted by atomic mass is 9.68. The van der Waals surface area contributed by atoms with Crippen LogP contribution in [-0.2, 0) is 0 Å². The summed E-state index contributed by atoms with van der Waals surface area (Å²) in [5, 5.41) is 0. The lowest BCUT2D eigenvalue weighted by Crippen LogP contribution is -2.25. The van der Waals surface area contributed by atoms with E-state index in [2.05, 4.69) is 97.9 Å². The maximum absolute atomic E-state index is 3.87. The molecular formula is C100H200. The smallest absolute Gasteiger partial charge is 0 e. The molecule has 0 spiro atoms. The molecule has 100 heavy (non-hydrogen) atoms. The average molecular weight is 1400 g/mol. The van der Waals surface area contributed by atoms with Gasteiger partial charge in [-0.15, -0.1) is 32.9 Å². The molecule has 0 amide bonds. The second-order valence-electron chi connectivity index (χ2n) is 37.8. The molecule has 10 aliphatic carbocycles. The molecule has 600 valence electrons. The third kappa shape index (κ3) is 35.2. The summed E-state index contributed by atoms with van der Waals surface area (Å²) >= 11 is 0. The molecule has 0 aliphatic heterocycles. The zero-order valence-electron chi connectivity index (χ0n) is 68.9. The Bertz CT molecular complexity index is 1950. The first-order valence-corrected chi connectivity index (χ1v) is 47.2. The van der Waals surface area contributed by atoms with Crippen LogP contribution in [-0.4, -0.2) is 0 Å². The normalized spacial score (nSPS) is 34.9. The van der Waals surface area contributed by atoms with Crippen molar-refractivity contribution in [2.24, 2.45) is 118 Å². The average Bonchev–Trinajstić information content (AvgIpc) is 0.877. The van der Waals surface area contributed by atoms with Crippen LogP contribution >= 0.6 is 0 Å². The molecule has 0 unspecified atom stereocenters. The minimum absolute atomic E-state index is 0. The van der Waals surface area contributed by atoms with Gasteiger partial charge >= 0.3 is 0 Å². The van der Waals surface area contributed by atoms with Gasteiger partial charge in [-0.1, -0.05) is 290 Å². The molecule has 0 N–H and O–H groups in total. The molecule has 10 fully saturated rings. The van der Waals surface area contributed by atoms with Gasteiger partial charge in [0.2, 0.25) is 0 Å². The van der Waals surface area contributed by atoms with Gasteiger partial charge in [0.1, 0.15) is 0 Å². The number of allylic oxidation sites excluding steroid dienone is 5. The highest BCUT2D eigenvalue weighted by molar-refractivity contribution is 4.89. The largest absolute Gasteiger partial charge is 0.103 e. The fraction of sp³-hybridized carbons (Fsp3) is 0.900. The van der Waals surface area contributed by atoms with E-state index < -0.39 is 0 Å². The van der Waals surface area contributed by atoms with Crippen LogP contribution in [0, 0.1) is 118 Å². The predicted molar refractivity (Wildman–Crippen MR) is 470 cm³/mol. The van der Waals surface area contributed by atoms with Crippen molar-refractivity contribution in [3.63, 3.8) is 0 Å². The van der Waals surface area contributed by atoms with Crippen molar-refractivity contribution in [1.29, 1.82) is 0 Å². The minimum Gasteiger partial charge on any atom is -0.103 e. The van der Waals surface area contributed by atoms with E-state index in [-0.39, 0.29) is 14.3 Å². The summed E-state index contributed by atoms with van der Waals surface area (Å²) in [6, 6.07) is 0.